The molecule has 0 spiro atoms. The average Bonchev–Trinajstić information content (AvgIpc) is 2.92. The fraction of sp³-hybridized carbons (Fsp3) is 0.286. The number of aryl methyl sites for hydroxylation is 2. The summed E-state index contributed by atoms with van der Waals surface area (Å²) in [6.07, 6.45) is 6.91. The Morgan fingerprint density at radius 2 is 1.71 bits per heavy atom. The third-order valence-electron chi connectivity index (χ3n) is 5.23. The van der Waals surface area contributed by atoms with Crippen LogP contribution in [0.15, 0.2) is 46.2 Å². The van der Waals surface area contributed by atoms with Crippen molar-refractivity contribution < 1.29 is 4.79 Å². The zero-order valence-corrected chi connectivity index (χ0v) is 14.4. The highest BCUT2D eigenvalue weighted by molar-refractivity contribution is 8.04. The van der Waals surface area contributed by atoms with Crippen LogP contribution in [0.2, 0.25) is 0 Å². The van der Waals surface area contributed by atoms with Crippen LogP contribution < -0.4 is 4.90 Å². The molecule has 3 aliphatic rings. The fourth-order valence-electron chi connectivity index (χ4n) is 4.20. The summed E-state index contributed by atoms with van der Waals surface area (Å²) >= 11 is 1.61. The Labute approximate surface area is 146 Å². The van der Waals surface area contributed by atoms with Crippen LogP contribution in [0.1, 0.15) is 39.9 Å². The van der Waals surface area contributed by atoms with Crippen molar-refractivity contribution in [1.82, 2.24) is 0 Å². The number of carbonyl (C=O) groups is 1. The summed E-state index contributed by atoms with van der Waals surface area (Å²) in [5, 5.41) is 0. The van der Waals surface area contributed by atoms with Gasteiger partial charge in [0.2, 0.25) is 5.78 Å². The highest BCUT2D eigenvalue weighted by Crippen LogP contribution is 2.42. The van der Waals surface area contributed by atoms with Gasteiger partial charge in [-0.25, -0.2) is 0 Å². The molecule has 0 atom stereocenters. The summed E-state index contributed by atoms with van der Waals surface area (Å²) < 4.78 is 0. The molecule has 0 fully saturated rings. The largest absolute Gasteiger partial charge is 0.371 e. The summed E-state index contributed by atoms with van der Waals surface area (Å²) in [5.41, 5.74) is 6.47. The summed E-state index contributed by atoms with van der Waals surface area (Å²) in [4.78, 5) is 17.1. The number of thioether (sulfide) groups is 1. The monoisotopic (exact) mass is 333 g/mol. The van der Waals surface area contributed by atoms with Gasteiger partial charge in [0.15, 0.2) is 0 Å². The molecule has 3 aliphatic heterocycles. The number of Topliss-reactive ketones (excluding diaryl/α,β-unsaturated/α-hetero) is 1. The van der Waals surface area contributed by atoms with Gasteiger partial charge < -0.3 is 4.90 Å². The molecule has 0 N–H and O–H groups in total. The van der Waals surface area contributed by atoms with Crippen LogP contribution in [-0.4, -0.2) is 18.9 Å². The summed E-state index contributed by atoms with van der Waals surface area (Å²) in [7, 11) is 0. The minimum Gasteiger partial charge on any atom is -0.371 e. The maximum absolute atomic E-state index is 12.6. The van der Waals surface area contributed by atoms with Gasteiger partial charge >= 0.3 is 0 Å². The molecule has 0 aliphatic carbocycles. The van der Waals surface area contributed by atoms with Crippen molar-refractivity contribution in [2.24, 2.45) is 0 Å². The van der Waals surface area contributed by atoms with Crippen LogP contribution in [0.3, 0.4) is 0 Å². The quantitative estimate of drug-likeness (QED) is 0.705. The van der Waals surface area contributed by atoms with Crippen LogP contribution in [0.25, 0.3) is 6.08 Å². The van der Waals surface area contributed by atoms with E-state index in [1.165, 1.54) is 48.3 Å². The Balaban J connectivity index is 1.56. The zero-order chi connectivity index (χ0) is 16.1. The normalized spacial score (nSPS) is 20.2. The van der Waals surface area contributed by atoms with E-state index in [4.69, 9.17) is 0 Å². The maximum Gasteiger partial charge on any atom is 0.200 e. The van der Waals surface area contributed by atoms with E-state index in [0.29, 0.717) is 0 Å². The molecular formula is C21H19NOS. The van der Waals surface area contributed by atoms with Crippen molar-refractivity contribution in [2.45, 2.75) is 30.6 Å². The van der Waals surface area contributed by atoms with Gasteiger partial charge in [0, 0.05) is 29.2 Å². The SMILES string of the molecule is O=C1C(=Cc2cc3c4c(c2)CCCN4CCC3)Sc2ccccc21. The van der Waals surface area contributed by atoms with Gasteiger partial charge in [-0.3, -0.25) is 4.79 Å². The average molecular weight is 333 g/mol. The molecule has 3 heteroatoms. The van der Waals surface area contributed by atoms with E-state index in [-0.39, 0.29) is 5.78 Å². The van der Waals surface area contributed by atoms with Crippen molar-refractivity contribution in [3.8, 4) is 0 Å². The Hall–Kier alpha value is -2.00. The van der Waals surface area contributed by atoms with E-state index < -0.39 is 0 Å². The molecular weight excluding hydrogens is 314 g/mol. The second-order valence-corrected chi connectivity index (χ2v) is 7.90. The van der Waals surface area contributed by atoms with Gasteiger partial charge in [0.05, 0.1) is 4.91 Å². The molecule has 0 saturated heterocycles. The smallest absolute Gasteiger partial charge is 0.200 e. The summed E-state index contributed by atoms with van der Waals surface area (Å²) in [6, 6.07) is 12.5. The third kappa shape index (κ3) is 2.22. The Kier molecular flexibility index (Phi) is 3.30. The summed E-state index contributed by atoms with van der Waals surface area (Å²) in [6.45, 7) is 2.40. The number of benzene rings is 2. The number of anilines is 1. The van der Waals surface area contributed by atoms with E-state index in [1.807, 2.05) is 24.3 Å². The number of allylic oxidation sites excluding steroid dienone is 1. The van der Waals surface area contributed by atoms with E-state index in [9.17, 15) is 4.79 Å². The van der Waals surface area contributed by atoms with Crippen molar-refractivity contribution in [3.05, 3.63) is 63.6 Å². The predicted octanol–water partition coefficient (Wildman–Crippen LogP) is 4.71. The van der Waals surface area contributed by atoms with E-state index in [1.54, 1.807) is 11.8 Å². The number of ketones is 1. The molecule has 24 heavy (non-hydrogen) atoms. The lowest BCUT2D eigenvalue weighted by atomic mass is 9.90. The van der Waals surface area contributed by atoms with Crippen molar-refractivity contribution in [1.29, 1.82) is 0 Å². The highest BCUT2D eigenvalue weighted by atomic mass is 32.2. The van der Waals surface area contributed by atoms with Gasteiger partial charge in [-0.2, -0.15) is 0 Å². The van der Waals surface area contributed by atoms with Gasteiger partial charge in [0.25, 0.3) is 0 Å². The lowest BCUT2D eigenvalue weighted by Crippen LogP contribution is -2.34. The Morgan fingerprint density at radius 3 is 2.42 bits per heavy atom. The van der Waals surface area contributed by atoms with Gasteiger partial charge in [0.1, 0.15) is 0 Å². The second kappa shape index (κ2) is 5.52. The van der Waals surface area contributed by atoms with Crippen LogP contribution >= 0.6 is 11.8 Å². The number of hydrogen-bond acceptors (Lipinski definition) is 3. The third-order valence-corrected chi connectivity index (χ3v) is 6.33. The molecule has 0 unspecified atom stereocenters. The van der Waals surface area contributed by atoms with Crippen LogP contribution in [0.5, 0.6) is 0 Å². The van der Waals surface area contributed by atoms with Gasteiger partial charge in [-0.1, -0.05) is 23.9 Å². The van der Waals surface area contributed by atoms with Gasteiger partial charge in [-0.05, 0) is 72.7 Å². The molecule has 2 nitrogen and oxygen atoms in total. The zero-order valence-electron chi connectivity index (χ0n) is 13.5. The van der Waals surface area contributed by atoms with Gasteiger partial charge in [-0.15, -0.1) is 0 Å². The predicted molar refractivity (Wildman–Crippen MR) is 99.9 cm³/mol. The number of hydrogen-bond donors (Lipinski definition) is 0. The molecule has 0 radical (unpaired) electrons. The van der Waals surface area contributed by atoms with E-state index in [0.717, 1.165) is 28.2 Å². The van der Waals surface area contributed by atoms with E-state index in [2.05, 4.69) is 23.1 Å². The first-order valence-corrected chi connectivity index (χ1v) is 9.55. The van der Waals surface area contributed by atoms with Crippen LogP contribution in [-0.2, 0) is 12.8 Å². The fourth-order valence-corrected chi connectivity index (χ4v) is 5.25. The minimum absolute atomic E-state index is 0.170. The molecule has 0 aromatic heterocycles. The number of rotatable bonds is 1. The first-order valence-electron chi connectivity index (χ1n) is 8.73. The number of carbonyl (C=O) groups excluding carboxylic acids is 1. The molecule has 120 valence electrons. The summed E-state index contributed by atoms with van der Waals surface area (Å²) in [5.74, 6) is 0.170. The Bertz CT molecular complexity index is 852. The standard InChI is InChI=1S/C21H19NOS/c23-21-17-7-1-2-8-18(17)24-19(21)13-14-11-15-5-3-9-22-10-4-6-16(12-14)20(15)22/h1-2,7-8,11-13H,3-6,9-10H2. The molecule has 0 bridgehead atoms. The lowest BCUT2D eigenvalue weighted by Gasteiger charge is -2.37. The molecule has 2 aromatic rings. The molecule has 0 saturated carbocycles. The second-order valence-electron chi connectivity index (χ2n) is 6.82. The first-order chi connectivity index (χ1) is 11.8. The lowest BCUT2D eigenvalue weighted by molar-refractivity contribution is 0.104. The first kappa shape index (κ1) is 14.4. The minimum atomic E-state index is 0.170. The topological polar surface area (TPSA) is 20.3 Å². The highest BCUT2D eigenvalue weighted by Gasteiger charge is 2.27. The van der Waals surface area contributed by atoms with Crippen molar-refractivity contribution in [2.75, 3.05) is 18.0 Å². The molecule has 0 amide bonds. The van der Waals surface area contributed by atoms with Crippen LogP contribution in [0.4, 0.5) is 5.69 Å². The molecule has 5 rings (SSSR count). The molecule has 2 aromatic carbocycles. The number of fused-ring (bicyclic) bond motifs is 1. The number of nitrogens with zero attached hydrogens (tertiary/aromatic N) is 1. The van der Waals surface area contributed by atoms with Crippen molar-refractivity contribution >= 4 is 29.3 Å². The van der Waals surface area contributed by atoms with Crippen molar-refractivity contribution in [3.63, 3.8) is 0 Å². The van der Waals surface area contributed by atoms with E-state index >= 15 is 0 Å². The maximum atomic E-state index is 12.6. The molecule has 3 heterocycles. The van der Waals surface area contributed by atoms with Crippen LogP contribution in [0, 0.1) is 0 Å². The Morgan fingerprint density at radius 1 is 1.00 bits per heavy atom.